The lowest BCUT2D eigenvalue weighted by Gasteiger charge is -2.11. The van der Waals surface area contributed by atoms with Crippen molar-refractivity contribution >= 4 is 11.0 Å². The molecule has 1 aliphatic rings. The van der Waals surface area contributed by atoms with E-state index in [9.17, 15) is 0 Å². The summed E-state index contributed by atoms with van der Waals surface area (Å²) >= 11 is 0. The summed E-state index contributed by atoms with van der Waals surface area (Å²) in [6, 6.07) is 24.4. The Bertz CT molecular complexity index is 1570. The molecule has 2 heterocycles. The van der Waals surface area contributed by atoms with Gasteiger partial charge in [0.1, 0.15) is 5.69 Å². The van der Waals surface area contributed by atoms with Crippen molar-refractivity contribution in [2.24, 2.45) is 7.05 Å². The minimum atomic E-state index is 0.892. The summed E-state index contributed by atoms with van der Waals surface area (Å²) in [6.45, 7) is 8.70. The molecule has 0 saturated heterocycles. The molecule has 2 aromatic heterocycles. The summed E-state index contributed by atoms with van der Waals surface area (Å²) in [4.78, 5) is 4.84. The third-order valence-electron chi connectivity index (χ3n) is 7.14. The molecule has 0 aliphatic heterocycles. The van der Waals surface area contributed by atoms with Crippen molar-refractivity contribution in [3.63, 3.8) is 0 Å². The molecular weight excluding hydrogens is 402 g/mol. The molecule has 0 radical (unpaired) electrons. The third-order valence-corrected chi connectivity index (χ3v) is 7.14. The van der Waals surface area contributed by atoms with Gasteiger partial charge in [-0.2, -0.15) is 4.57 Å². The molecule has 6 rings (SSSR count). The number of benzene rings is 3. The van der Waals surface area contributed by atoms with Gasteiger partial charge in [-0.25, -0.2) is 4.57 Å². The van der Waals surface area contributed by atoms with Crippen LogP contribution >= 0.6 is 0 Å². The van der Waals surface area contributed by atoms with Gasteiger partial charge in [0.15, 0.2) is 11.0 Å². The van der Waals surface area contributed by atoms with Crippen LogP contribution in [0, 0.1) is 27.7 Å². The average Bonchev–Trinajstić information content (AvgIpc) is 3.27. The van der Waals surface area contributed by atoms with Crippen LogP contribution < -0.4 is 4.57 Å². The van der Waals surface area contributed by atoms with Crippen LogP contribution in [0.3, 0.4) is 0 Å². The average molecular weight is 431 g/mol. The lowest BCUT2D eigenvalue weighted by molar-refractivity contribution is -0.633. The number of pyridine rings is 1. The van der Waals surface area contributed by atoms with Crippen LogP contribution in [0.2, 0.25) is 0 Å². The summed E-state index contributed by atoms with van der Waals surface area (Å²) in [7, 11) is 2.20. The van der Waals surface area contributed by atoms with Gasteiger partial charge in [-0.15, -0.1) is 0 Å². The first-order valence-electron chi connectivity index (χ1n) is 11.6. The molecule has 1 aliphatic carbocycles. The largest absolute Gasteiger partial charge is 0.295 e. The Hall–Kier alpha value is -3.72. The van der Waals surface area contributed by atoms with E-state index in [1.165, 1.54) is 67.2 Å². The van der Waals surface area contributed by atoms with Crippen molar-refractivity contribution in [2.45, 2.75) is 34.1 Å². The minimum absolute atomic E-state index is 0.892. The molecule has 0 N–H and O–H groups in total. The SMILES string of the molecule is Cc1ccc2c(n1)Cc1cc3c(cc1-2)[n+](C)c(-c1ccccc1C)n3-c1c(C)cccc1C. The predicted molar refractivity (Wildman–Crippen MR) is 135 cm³/mol. The monoisotopic (exact) mass is 430 g/mol. The second-order valence-electron chi connectivity index (χ2n) is 9.40. The first-order valence-corrected chi connectivity index (χ1v) is 11.6. The molecule has 162 valence electrons. The lowest BCUT2D eigenvalue weighted by Crippen LogP contribution is -2.30. The quantitative estimate of drug-likeness (QED) is 0.295. The molecule has 3 heteroatoms. The highest BCUT2D eigenvalue weighted by Crippen LogP contribution is 2.40. The highest BCUT2D eigenvalue weighted by atomic mass is 15.2. The van der Waals surface area contributed by atoms with Gasteiger partial charge in [0, 0.05) is 17.7 Å². The van der Waals surface area contributed by atoms with Crippen molar-refractivity contribution < 1.29 is 4.57 Å². The molecule has 3 aromatic carbocycles. The smallest absolute Gasteiger partial charge is 0.257 e. The molecule has 0 amide bonds. The highest BCUT2D eigenvalue weighted by molar-refractivity contribution is 5.89. The zero-order valence-electron chi connectivity index (χ0n) is 19.9. The van der Waals surface area contributed by atoms with Gasteiger partial charge in [0.05, 0.1) is 18.3 Å². The number of hydrogen-bond donors (Lipinski definition) is 0. The summed E-state index contributed by atoms with van der Waals surface area (Å²) in [5.41, 5.74) is 15.1. The van der Waals surface area contributed by atoms with Gasteiger partial charge in [-0.05, 0) is 79.8 Å². The maximum absolute atomic E-state index is 4.84. The molecule has 0 unspecified atom stereocenters. The standard InChI is InChI=1S/C30H28N3/c1-18-9-6-7-12-23(18)30-32(5)27-17-25-22(15-26-24(25)14-13-21(4)31-26)16-28(27)33(30)29-19(2)10-8-11-20(29)3/h6-14,16-17H,15H2,1-5H3/q+1. The zero-order valence-corrected chi connectivity index (χ0v) is 19.9. The van der Waals surface area contributed by atoms with Crippen LogP contribution in [-0.4, -0.2) is 9.55 Å². The Balaban J connectivity index is 1.74. The molecule has 5 aromatic rings. The number of aryl methyl sites for hydroxylation is 5. The maximum atomic E-state index is 4.84. The van der Waals surface area contributed by atoms with E-state index in [0.29, 0.717) is 0 Å². The number of para-hydroxylation sites is 1. The van der Waals surface area contributed by atoms with E-state index in [0.717, 1.165) is 12.1 Å². The van der Waals surface area contributed by atoms with E-state index in [4.69, 9.17) is 4.98 Å². The van der Waals surface area contributed by atoms with E-state index in [-0.39, 0.29) is 0 Å². The predicted octanol–water partition coefficient (Wildman–Crippen LogP) is 6.32. The van der Waals surface area contributed by atoms with E-state index in [1.54, 1.807) is 0 Å². The van der Waals surface area contributed by atoms with Crippen molar-refractivity contribution in [1.29, 1.82) is 0 Å². The molecule has 0 atom stereocenters. The summed E-state index contributed by atoms with van der Waals surface area (Å²) in [5, 5.41) is 0. The Labute approximate surface area is 195 Å². The number of fused-ring (bicyclic) bond motifs is 4. The number of hydrogen-bond acceptors (Lipinski definition) is 1. The molecule has 33 heavy (non-hydrogen) atoms. The molecular formula is C30H28N3+. The fourth-order valence-corrected chi connectivity index (χ4v) is 5.52. The minimum Gasteiger partial charge on any atom is -0.257 e. The highest BCUT2D eigenvalue weighted by Gasteiger charge is 2.31. The van der Waals surface area contributed by atoms with Crippen LogP contribution in [0.25, 0.3) is 39.2 Å². The van der Waals surface area contributed by atoms with E-state index < -0.39 is 0 Å². The van der Waals surface area contributed by atoms with Crippen molar-refractivity contribution in [1.82, 2.24) is 9.55 Å². The molecule has 0 saturated carbocycles. The zero-order chi connectivity index (χ0) is 22.9. The third kappa shape index (κ3) is 2.88. The van der Waals surface area contributed by atoms with Gasteiger partial charge in [0.25, 0.3) is 5.82 Å². The van der Waals surface area contributed by atoms with Crippen LogP contribution in [0.1, 0.15) is 33.6 Å². The van der Waals surface area contributed by atoms with Crippen molar-refractivity contribution in [3.05, 3.63) is 100 Å². The second-order valence-corrected chi connectivity index (χ2v) is 9.40. The molecule has 3 nitrogen and oxygen atoms in total. The first-order chi connectivity index (χ1) is 15.9. The molecule has 0 spiro atoms. The maximum Gasteiger partial charge on any atom is 0.295 e. The van der Waals surface area contributed by atoms with Crippen LogP contribution in [0.15, 0.2) is 66.7 Å². The lowest BCUT2D eigenvalue weighted by atomic mass is 10.0. The van der Waals surface area contributed by atoms with E-state index in [1.807, 2.05) is 0 Å². The van der Waals surface area contributed by atoms with Crippen LogP contribution in [0.5, 0.6) is 0 Å². The van der Waals surface area contributed by atoms with Crippen molar-refractivity contribution in [2.75, 3.05) is 0 Å². The Morgan fingerprint density at radius 1 is 0.758 bits per heavy atom. The molecule has 0 bridgehead atoms. The summed E-state index contributed by atoms with van der Waals surface area (Å²) in [6.07, 6.45) is 0.892. The van der Waals surface area contributed by atoms with Gasteiger partial charge < -0.3 is 0 Å². The Morgan fingerprint density at radius 3 is 2.24 bits per heavy atom. The normalized spacial score (nSPS) is 12.3. The van der Waals surface area contributed by atoms with Gasteiger partial charge in [-0.3, -0.25) is 4.98 Å². The van der Waals surface area contributed by atoms with Gasteiger partial charge in [-0.1, -0.05) is 42.5 Å². The Morgan fingerprint density at radius 2 is 1.48 bits per heavy atom. The number of nitrogens with zero attached hydrogens (tertiary/aromatic N) is 3. The molecule has 0 fully saturated rings. The summed E-state index contributed by atoms with van der Waals surface area (Å²) < 4.78 is 4.84. The fraction of sp³-hybridized carbons (Fsp3) is 0.200. The topological polar surface area (TPSA) is 21.7 Å². The van der Waals surface area contributed by atoms with Crippen LogP contribution in [0.4, 0.5) is 0 Å². The number of imidazole rings is 1. The first kappa shape index (κ1) is 19.9. The summed E-state index contributed by atoms with van der Waals surface area (Å²) in [5.74, 6) is 1.21. The number of rotatable bonds is 2. The van der Waals surface area contributed by atoms with Crippen LogP contribution in [-0.2, 0) is 13.5 Å². The Kier molecular flexibility index (Phi) is 4.31. The van der Waals surface area contributed by atoms with Crippen molar-refractivity contribution in [3.8, 4) is 28.2 Å². The van der Waals surface area contributed by atoms with E-state index in [2.05, 4.69) is 111 Å². The number of aromatic nitrogens is 3. The van der Waals surface area contributed by atoms with Gasteiger partial charge >= 0.3 is 0 Å². The fourth-order valence-electron chi connectivity index (χ4n) is 5.52. The van der Waals surface area contributed by atoms with E-state index >= 15 is 0 Å². The second kappa shape index (κ2) is 7.14. The van der Waals surface area contributed by atoms with Gasteiger partial charge in [0.2, 0.25) is 0 Å².